The fraction of sp³-hybridized carbons (Fsp3) is 0.400. The van der Waals surface area contributed by atoms with Crippen LogP contribution in [0.15, 0.2) is 46.6 Å². The van der Waals surface area contributed by atoms with Gasteiger partial charge in [0.15, 0.2) is 5.82 Å². The lowest BCUT2D eigenvalue weighted by molar-refractivity contribution is -0.144. The van der Waals surface area contributed by atoms with E-state index in [-0.39, 0.29) is 24.8 Å². The molecule has 0 fully saturated rings. The number of esters is 1. The van der Waals surface area contributed by atoms with Crippen molar-refractivity contribution in [3.63, 3.8) is 0 Å². The molecule has 0 unspecified atom stereocenters. The topological polar surface area (TPSA) is 115 Å². The van der Waals surface area contributed by atoms with Crippen LogP contribution < -0.4 is 10.3 Å². The van der Waals surface area contributed by atoms with Crippen LogP contribution in [0.2, 0.25) is 0 Å². The van der Waals surface area contributed by atoms with Gasteiger partial charge in [-0.25, -0.2) is 4.68 Å². The van der Waals surface area contributed by atoms with Crippen molar-refractivity contribution >= 4 is 28.2 Å². The molecule has 1 aromatic carbocycles. The molecule has 0 amide bonds. The zero-order valence-electron chi connectivity index (χ0n) is 20.6. The second-order valence-electron chi connectivity index (χ2n) is 8.21. The number of H-pyrrole nitrogens is 1. The van der Waals surface area contributed by atoms with Crippen LogP contribution in [0, 0.1) is 0 Å². The Morgan fingerprint density at radius 1 is 1.17 bits per heavy atom. The average Bonchev–Trinajstić information content (AvgIpc) is 3.53. The lowest BCUT2D eigenvalue weighted by Crippen LogP contribution is -2.32. The number of nitrogens with zero attached hydrogens (tertiary/aromatic N) is 5. The van der Waals surface area contributed by atoms with Gasteiger partial charge in [0.2, 0.25) is 0 Å². The van der Waals surface area contributed by atoms with Crippen molar-refractivity contribution in [1.29, 1.82) is 0 Å². The predicted octanol–water partition coefficient (Wildman–Crippen LogP) is 3.69. The number of carbonyl (C=O) groups excluding carboxylic acids is 1. The molecule has 0 aliphatic heterocycles. The van der Waals surface area contributed by atoms with Crippen LogP contribution in [0.25, 0.3) is 10.9 Å². The number of aromatic amines is 1. The number of tetrazole rings is 1. The van der Waals surface area contributed by atoms with E-state index >= 15 is 0 Å². The van der Waals surface area contributed by atoms with Gasteiger partial charge in [0, 0.05) is 34.4 Å². The number of benzene rings is 1. The molecule has 0 bridgehead atoms. The van der Waals surface area contributed by atoms with E-state index in [1.807, 2.05) is 49.6 Å². The van der Waals surface area contributed by atoms with Crippen LogP contribution in [0.3, 0.4) is 0 Å². The fourth-order valence-electron chi connectivity index (χ4n) is 4.20. The first-order valence-corrected chi connectivity index (χ1v) is 12.9. The minimum absolute atomic E-state index is 0.0731. The van der Waals surface area contributed by atoms with E-state index in [1.54, 1.807) is 18.3 Å². The maximum atomic E-state index is 13.0. The molecular formula is C25H30N6O4S. The zero-order valence-corrected chi connectivity index (χ0v) is 21.5. The number of ether oxygens (including phenoxy) is 2. The van der Waals surface area contributed by atoms with Crippen LogP contribution in [0.4, 0.5) is 0 Å². The van der Waals surface area contributed by atoms with Crippen molar-refractivity contribution < 1.29 is 14.3 Å². The van der Waals surface area contributed by atoms with Gasteiger partial charge in [-0.2, -0.15) is 0 Å². The Bertz CT molecular complexity index is 1350. The molecule has 36 heavy (non-hydrogen) atoms. The first kappa shape index (κ1) is 25.5. The summed E-state index contributed by atoms with van der Waals surface area (Å²) in [6.07, 6.45) is 0.675. The molecule has 0 spiro atoms. The lowest BCUT2D eigenvalue weighted by Gasteiger charge is -2.29. The van der Waals surface area contributed by atoms with Gasteiger partial charge in [0.1, 0.15) is 12.3 Å². The van der Waals surface area contributed by atoms with Gasteiger partial charge in [0.05, 0.1) is 19.3 Å². The Morgan fingerprint density at radius 3 is 2.75 bits per heavy atom. The van der Waals surface area contributed by atoms with E-state index in [2.05, 4.69) is 31.5 Å². The highest BCUT2D eigenvalue weighted by atomic mass is 32.1. The molecule has 4 aromatic rings. The minimum Gasteiger partial charge on any atom is -0.494 e. The number of thiophene rings is 1. The number of pyridine rings is 1. The Balaban J connectivity index is 1.69. The van der Waals surface area contributed by atoms with E-state index in [0.717, 1.165) is 21.5 Å². The summed E-state index contributed by atoms with van der Waals surface area (Å²) in [7, 11) is 0. The molecule has 1 N–H and O–H groups in total. The number of aromatic nitrogens is 5. The maximum Gasteiger partial charge on any atom is 0.327 e. The highest BCUT2D eigenvalue weighted by molar-refractivity contribution is 7.09. The van der Waals surface area contributed by atoms with Gasteiger partial charge in [-0.1, -0.05) is 13.0 Å². The number of rotatable bonds is 12. The molecule has 4 rings (SSSR count). The van der Waals surface area contributed by atoms with Gasteiger partial charge in [0.25, 0.3) is 5.56 Å². The predicted molar refractivity (Wildman–Crippen MR) is 137 cm³/mol. The average molecular weight is 511 g/mol. The largest absolute Gasteiger partial charge is 0.494 e. The number of carbonyl (C=O) groups is 1. The van der Waals surface area contributed by atoms with Gasteiger partial charge in [-0.15, -0.1) is 16.4 Å². The monoisotopic (exact) mass is 510 g/mol. The summed E-state index contributed by atoms with van der Waals surface area (Å²) >= 11 is 1.65. The van der Waals surface area contributed by atoms with E-state index in [0.29, 0.717) is 37.5 Å². The van der Waals surface area contributed by atoms with E-state index in [4.69, 9.17) is 9.47 Å². The van der Waals surface area contributed by atoms with Crippen LogP contribution in [0.5, 0.6) is 5.75 Å². The minimum atomic E-state index is -0.401. The third kappa shape index (κ3) is 5.97. The summed E-state index contributed by atoms with van der Waals surface area (Å²) in [5, 5.41) is 15.0. The van der Waals surface area contributed by atoms with Crippen molar-refractivity contribution in [3.8, 4) is 5.75 Å². The van der Waals surface area contributed by atoms with Crippen molar-refractivity contribution in [2.24, 2.45) is 0 Å². The number of hydrogen-bond acceptors (Lipinski definition) is 9. The summed E-state index contributed by atoms with van der Waals surface area (Å²) in [5.41, 5.74) is 1.22. The molecule has 10 nitrogen and oxygen atoms in total. The maximum absolute atomic E-state index is 13.0. The van der Waals surface area contributed by atoms with Gasteiger partial charge in [-0.05, 0) is 66.4 Å². The standard InChI is InChI=1S/C25H30N6O4S/c1-4-22(24-27-28-29-31(24)16-23(32)35-6-3)30(15-20-8-7-11-36-20)14-18-12-17-13-19(34-5-2)9-10-21(17)26-25(18)33/h7-13,22H,4-6,14-16H2,1-3H3,(H,26,33)/t22-/m0/s1. The van der Waals surface area contributed by atoms with Crippen molar-refractivity contribution in [3.05, 3.63) is 68.4 Å². The van der Waals surface area contributed by atoms with Gasteiger partial charge in [-0.3, -0.25) is 14.5 Å². The quantitative estimate of drug-likeness (QED) is 0.287. The molecular weight excluding hydrogens is 480 g/mol. The summed E-state index contributed by atoms with van der Waals surface area (Å²) in [4.78, 5) is 31.5. The fourth-order valence-corrected chi connectivity index (χ4v) is 4.93. The first-order chi connectivity index (χ1) is 17.5. The number of fused-ring (bicyclic) bond motifs is 1. The van der Waals surface area contributed by atoms with E-state index in [9.17, 15) is 9.59 Å². The van der Waals surface area contributed by atoms with E-state index < -0.39 is 5.97 Å². The highest BCUT2D eigenvalue weighted by Crippen LogP contribution is 2.28. The first-order valence-electron chi connectivity index (χ1n) is 12.0. The molecule has 11 heteroatoms. The summed E-state index contributed by atoms with van der Waals surface area (Å²) in [6, 6.07) is 11.4. The Morgan fingerprint density at radius 2 is 2.03 bits per heavy atom. The Kier molecular flexibility index (Phi) is 8.44. The summed E-state index contributed by atoms with van der Waals surface area (Å²) < 4.78 is 12.2. The normalized spacial score (nSPS) is 12.2. The van der Waals surface area contributed by atoms with Crippen molar-refractivity contribution in [1.82, 2.24) is 30.1 Å². The second kappa shape index (κ2) is 11.9. The van der Waals surface area contributed by atoms with Crippen LogP contribution in [-0.2, 0) is 29.2 Å². The highest BCUT2D eigenvalue weighted by Gasteiger charge is 2.27. The third-order valence-electron chi connectivity index (χ3n) is 5.79. The smallest absolute Gasteiger partial charge is 0.327 e. The number of nitrogens with one attached hydrogen (secondary N) is 1. The third-order valence-corrected chi connectivity index (χ3v) is 6.65. The summed E-state index contributed by atoms with van der Waals surface area (Å²) in [6.45, 7) is 7.47. The second-order valence-corrected chi connectivity index (χ2v) is 9.25. The molecule has 0 aliphatic rings. The Labute approximate surface area is 212 Å². The van der Waals surface area contributed by atoms with Gasteiger partial charge < -0.3 is 14.5 Å². The molecule has 3 heterocycles. The lowest BCUT2D eigenvalue weighted by atomic mass is 10.1. The number of hydrogen-bond donors (Lipinski definition) is 1. The van der Waals surface area contributed by atoms with Crippen LogP contribution in [-0.4, -0.2) is 49.3 Å². The van der Waals surface area contributed by atoms with Crippen molar-refractivity contribution in [2.75, 3.05) is 13.2 Å². The molecule has 0 saturated carbocycles. The van der Waals surface area contributed by atoms with Crippen LogP contribution >= 0.6 is 11.3 Å². The van der Waals surface area contributed by atoms with Crippen LogP contribution in [0.1, 0.15) is 49.5 Å². The molecule has 190 valence electrons. The van der Waals surface area contributed by atoms with Crippen molar-refractivity contribution in [2.45, 2.75) is 52.9 Å². The summed E-state index contributed by atoms with van der Waals surface area (Å²) in [5.74, 6) is 0.905. The molecule has 0 saturated heterocycles. The zero-order chi connectivity index (χ0) is 25.5. The molecule has 0 radical (unpaired) electrons. The molecule has 3 aromatic heterocycles. The SMILES string of the molecule is CCOC(=O)Cn1nnnc1[C@H](CC)N(Cc1cccs1)Cc1cc2cc(OCC)ccc2[nH]c1=O. The van der Waals surface area contributed by atoms with Gasteiger partial charge >= 0.3 is 5.97 Å². The molecule has 1 atom stereocenters. The Hall–Kier alpha value is -3.57. The molecule has 0 aliphatic carbocycles. The van der Waals surface area contributed by atoms with E-state index in [1.165, 1.54) is 4.68 Å².